The lowest BCUT2D eigenvalue weighted by atomic mass is 9.95. The number of carbonyl (C=O) groups is 1. The summed E-state index contributed by atoms with van der Waals surface area (Å²) < 4.78 is 0. The van der Waals surface area contributed by atoms with Crippen molar-refractivity contribution in [1.29, 1.82) is 0 Å². The Morgan fingerprint density at radius 3 is 2.88 bits per heavy atom. The third-order valence-corrected chi connectivity index (χ3v) is 3.61. The maximum atomic E-state index is 10.9. The smallest absolute Gasteiger partial charge is 0.304 e. The van der Waals surface area contributed by atoms with Gasteiger partial charge in [0.05, 0.1) is 6.42 Å². The molecule has 0 saturated carbocycles. The summed E-state index contributed by atoms with van der Waals surface area (Å²) in [5.41, 5.74) is 1.08. The number of pyridine rings is 1. The molecule has 0 aliphatic carbocycles. The summed E-state index contributed by atoms with van der Waals surface area (Å²) in [5.74, 6) is -0.719. The highest BCUT2D eigenvalue weighted by Crippen LogP contribution is 2.27. The van der Waals surface area contributed by atoms with E-state index < -0.39 is 5.97 Å². The molecule has 2 heterocycles. The first kappa shape index (κ1) is 11.8. The standard InChI is InChI=1S/C13H13NO2S/c15-13(16)8-11(12-4-2-6-17-12)7-10-3-1-5-14-9-10/h1-6,9,11H,7-8H2,(H,15,16). The molecule has 0 saturated heterocycles. The van der Waals surface area contributed by atoms with Crippen molar-refractivity contribution in [1.82, 2.24) is 4.98 Å². The van der Waals surface area contributed by atoms with E-state index in [1.165, 1.54) is 0 Å². The van der Waals surface area contributed by atoms with Gasteiger partial charge in [0.15, 0.2) is 0 Å². The van der Waals surface area contributed by atoms with Crippen LogP contribution in [0.4, 0.5) is 0 Å². The van der Waals surface area contributed by atoms with E-state index in [9.17, 15) is 4.79 Å². The van der Waals surface area contributed by atoms with E-state index in [4.69, 9.17) is 5.11 Å². The fraction of sp³-hybridized carbons (Fsp3) is 0.231. The molecule has 1 atom stereocenters. The zero-order valence-electron chi connectivity index (χ0n) is 9.24. The van der Waals surface area contributed by atoms with Gasteiger partial charge in [-0.15, -0.1) is 11.3 Å². The quantitative estimate of drug-likeness (QED) is 0.883. The Kier molecular flexibility index (Phi) is 3.88. The predicted molar refractivity (Wildman–Crippen MR) is 67.3 cm³/mol. The number of aromatic nitrogens is 1. The van der Waals surface area contributed by atoms with Crippen LogP contribution in [0.15, 0.2) is 42.0 Å². The average molecular weight is 247 g/mol. The Morgan fingerprint density at radius 2 is 2.29 bits per heavy atom. The third kappa shape index (κ3) is 3.39. The molecule has 0 spiro atoms. The summed E-state index contributed by atoms with van der Waals surface area (Å²) in [6.07, 6.45) is 4.40. The number of rotatable bonds is 5. The van der Waals surface area contributed by atoms with Crippen LogP contribution < -0.4 is 0 Å². The van der Waals surface area contributed by atoms with E-state index in [1.54, 1.807) is 23.7 Å². The van der Waals surface area contributed by atoms with Crippen LogP contribution >= 0.6 is 11.3 Å². The monoisotopic (exact) mass is 247 g/mol. The van der Waals surface area contributed by atoms with Crippen LogP contribution in [0.5, 0.6) is 0 Å². The maximum Gasteiger partial charge on any atom is 0.304 e. The number of carboxylic acids is 1. The molecule has 0 fully saturated rings. The molecule has 88 valence electrons. The van der Waals surface area contributed by atoms with Gasteiger partial charge in [-0.3, -0.25) is 9.78 Å². The number of hydrogen-bond acceptors (Lipinski definition) is 3. The fourth-order valence-electron chi connectivity index (χ4n) is 1.81. The Morgan fingerprint density at radius 1 is 1.41 bits per heavy atom. The molecule has 1 N–H and O–H groups in total. The van der Waals surface area contributed by atoms with Gasteiger partial charge < -0.3 is 5.11 Å². The summed E-state index contributed by atoms with van der Waals surface area (Å²) in [7, 11) is 0. The first-order valence-electron chi connectivity index (χ1n) is 5.40. The van der Waals surface area contributed by atoms with E-state index in [0.717, 1.165) is 16.9 Å². The van der Waals surface area contributed by atoms with Crippen molar-refractivity contribution in [2.45, 2.75) is 18.8 Å². The molecule has 2 aromatic rings. The zero-order chi connectivity index (χ0) is 12.1. The lowest BCUT2D eigenvalue weighted by Gasteiger charge is -2.12. The highest BCUT2D eigenvalue weighted by Gasteiger charge is 2.17. The molecule has 4 heteroatoms. The molecule has 0 radical (unpaired) electrons. The average Bonchev–Trinajstić information content (AvgIpc) is 2.82. The molecule has 2 aromatic heterocycles. The number of nitrogens with zero attached hydrogens (tertiary/aromatic N) is 1. The predicted octanol–water partition coefficient (Wildman–Crippen LogP) is 2.94. The van der Waals surface area contributed by atoms with Crippen molar-refractivity contribution < 1.29 is 9.90 Å². The van der Waals surface area contributed by atoms with Crippen LogP contribution in [0.1, 0.15) is 22.8 Å². The van der Waals surface area contributed by atoms with E-state index in [1.807, 2.05) is 29.6 Å². The largest absolute Gasteiger partial charge is 0.481 e. The lowest BCUT2D eigenvalue weighted by Crippen LogP contribution is -2.08. The van der Waals surface area contributed by atoms with Crippen LogP contribution in [0, 0.1) is 0 Å². The number of thiophene rings is 1. The molecule has 0 aliphatic rings. The van der Waals surface area contributed by atoms with Crippen LogP contribution in [0.25, 0.3) is 0 Å². The van der Waals surface area contributed by atoms with Crippen molar-refractivity contribution in [2.75, 3.05) is 0 Å². The Hall–Kier alpha value is -1.68. The normalized spacial score (nSPS) is 12.2. The van der Waals surface area contributed by atoms with Crippen molar-refractivity contribution in [2.24, 2.45) is 0 Å². The Balaban J connectivity index is 2.14. The van der Waals surface area contributed by atoms with Crippen molar-refractivity contribution in [3.05, 3.63) is 52.5 Å². The Labute approximate surface area is 104 Å². The van der Waals surface area contributed by atoms with Gasteiger partial charge in [-0.1, -0.05) is 12.1 Å². The highest BCUT2D eigenvalue weighted by atomic mass is 32.1. The number of carboxylic acid groups (broad SMARTS) is 1. The minimum absolute atomic E-state index is 0.0386. The molecule has 3 nitrogen and oxygen atoms in total. The van der Waals surface area contributed by atoms with Crippen molar-refractivity contribution in [3.63, 3.8) is 0 Å². The Bertz CT molecular complexity index is 467. The van der Waals surface area contributed by atoms with Gasteiger partial charge in [-0.05, 0) is 29.5 Å². The topological polar surface area (TPSA) is 50.2 Å². The summed E-state index contributed by atoms with van der Waals surface area (Å²) in [6, 6.07) is 7.81. The summed E-state index contributed by atoms with van der Waals surface area (Å²) in [6.45, 7) is 0. The van der Waals surface area contributed by atoms with E-state index in [-0.39, 0.29) is 12.3 Å². The maximum absolute atomic E-state index is 10.9. The molecule has 1 unspecified atom stereocenters. The summed E-state index contributed by atoms with van der Waals surface area (Å²) in [5, 5.41) is 10.9. The summed E-state index contributed by atoms with van der Waals surface area (Å²) >= 11 is 1.61. The van der Waals surface area contributed by atoms with E-state index in [2.05, 4.69) is 4.98 Å². The first-order valence-corrected chi connectivity index (χ1v) is 6.28. The third-order valence-electron chi connectivity index (χ3n) is 2.57. The summed E-state index contributed by atoms with van der Waals surface area (Å²) in [4.78, 5) is 16.1. The molecule has 0 bridgehead atoms. The molecule has 0 aromatic carbocycles. The van der Waals surface area contributed by atoms with Crippen molar-refractivity contribution in [3.8, 4) is 0 Å². The minimum atomic E-state index is -0.757. The first-order chi connectivity index (χ1) is 8.25. The number of aliphatic carboxylic acids is 1. The van der Waals surface area contributed by atoms with Crippen LogP contribution in [-0.2, 0) is 11.2 Å². The van der Waals surface area contributed by atoms with Gasteiger partial charge in [0, 0.05) is 23.2 Å². The van der Waals surface area contributed by atoms with Gasteiger partial charge in [0.2, 0.25) is 0 Å². The van der Waals surface area contributed by atoms with Gasteiger partial charge >= 0.3 is 5.97 Å². The molecular formula is C13H13NO2S. The molecule has 2 rings (SSSR count). The van der Waals surface area contributed by atoms with E-state index in [0.29, 0.717) is 0 Å². The van der Waals surface area contributed by atoms with Gasteiger partial charge in [0.1, 0.15) is 0 Å². The van der Waals surface area contributed by atoms with Gasteiger partial charge in [-0.2, -0.15) is 0 Å². The second-order valence-electron chi connectivity index (χ2n) is 3.88. The van der Waals surface area contributed by atoms with E-state index >= 15 is 0 Å². The zero-order valence-corrected chi connectivity index (χ0v) is 10.1. The molecule has 17 heavy (non-hydrogen) atoms. The SMILES string of the molecule is O=C(O)CC(Cc1cccnc1)c1cccs1. The minimum Gasteiger partial charge on any atom is -0.481 e. The highest BCUT2D eigenvalue weighted by molar-refractivity contribution is 7.10. The lowest BCUT2D eigenvalue weighted by molar-refractivity contribution is -0.137. The van der Waals surface area contributed by atoms with Crippen LogP contribution in [0.2, 0.25) is 0 Å². The van der Waals surface area contributed by atoms with Gasteiger partial charge in [-0.25, -0.2) is 0 Å². The van der Waals surface area contributed by atoms with Gasteiger partial charge in [0.25, 0.3) is 0 Å². The van der Waals surface area contributed by atoms with Crippen LogP contribution in [0.3, 0.4) is 0 Å². The second-order valence-corrected chi connectivity index (χ2v) is 4.85. The molecular weight excluding hydrogens is 234 g/mol. The number of hydrogen-bond donors (Lipinski definition) is 1. The second kappa shape index (κ2) is 5.59. The van der Waals surface area contributed by atoms with Crippen molar-refractivity contribution >= 4 is 17.3 Å². The fourth-order valence-corrected chi connectivity index (χ4v) is 2.64. The van der Waals surface area contributed by atoms with Crippen LogP contribution in [-0.4, -0.2) is 16.1 Å². The molecule has 0 amide bonds. The molecule has 0 aliphatic heterocycles.